The van der Waals surface area contributed by atoms with Gasteiger partial charge in [0.1, 0.15) is 0 Å². The highest BCUT2D eigenvalue weighted by Gasteiger charge is 2.31. The van der Waals surface area contributed by atoms with Crippen molar-refractivity contribution in [2.24, 2.45) is 5.92 Å². The molecule has 1 aromatic rings. The van der Waals surface area contributed by atoms with Crippen molar-refractivity contribution in [2.45, 2.75) is 0 Å². The Hall–Kier alpha value is -1.74. The number of nitrogens with one attached hydrogen (secondary N) is 1. The van der Waals surface area contributed by atoms with Crippen LogP contribution in [-0.4, -0.2) is 68.1 Å². The lowest BCUT2D eigenvalue weighted by atomic mass is 10.1. The molecule has 1 N–H and O–H groups in total. The highest BCUT2D eigenvalue weighted by Crippen LogP contribution is 2.16. The van der Waals surface area contributed by atoms with Crippen molar-refractivity contribution in [1.29, 1.82) is 0 Å². The Labute approximate surface area is 124 Å². The molecule has 2 heterocycles. The molecule has 1 aromatic heterocycles. The van der Waals surface area contributed by atoms with Crippen molar-refractivity contribution in [1.82, 2.24) is 19.6 Å². The zero-order chi connectivity index (χ0) is 15.5. The van der Waals surface area contributed by atoms with Crippen molar-refractivity contribution in [2.75, 3.05) is 44.4 Å². The zero-order valence-corrected chi connectivity index (χ0v) is 12.9. The summed E-state index contributed by atoms with van der Waals surface area (Å²) in [5.41, 5.74) is 0. The van der Waals surface area contributed by atoms with E-state index < -0.39 is 15.9 Å². The van der Waals surface area contributed by atoms with Gasteiger partial charge in [0.25, 0.3) is 0 Å². The number of amides is 1. The highest BCUT2D eigenvalue weighted by atomic mass is 32.2. The number of rotatable bonds is 3. The maximum Gasteiger partial charge on any atom is 0.225 e. The molecule has 1 aliphatic heterocycles. The fourth-order valence-corrected chi connectivity index (χ4v) is 3.16. The second-order valence-corrected chi connectivity index (χ2v) is 6.91. The van der Waals surface area contributed by atoms with E-state index in [1.54, 1.807) is 25.5 Å². The summed E-state index contributed by atoms with van der Waals surface area (Å²) in [4.78, 5) is 22.1. The molecule has 0 bridgehead atoms. The number of hydrogen-bond acceptors (Lipinski definition) is 6. The van der Waals surface area contributed by atoms with Gasteiger partial charge in [0.2, 0.25) is 21.9 Å². The summed E-state index contributed by atoms with van der Waals surface area (Å²) >= 11 is 0. The van der Waals surface area contributed by atoms with Crippen LogP contribution in [0.25, 0.3) is 0 Å². The summed E-state index contributed by atoms with van der Waals surface area (Å²) in [6, 6.07) is 1.71. The maximum atomic E-state index is 12.0. The average Bonchev–Trinajstić information content (AvgIpc) is 2.70. The Bertz CT molecular complexity index is 592. The normalized spacial score (nSPS) is 20.9. The van der Waals surface area contributed by atoms with E-state index in [2.05, 4.69) is 15.3 Å². The Balaban J connectivity index is 2.26. The van der Waals surface area contributed by atoms with Crippen molar-refractivity contribution in [3.63, 3.8) is 0 Å². The maximum absolute atomic E-state index is 12.0. The van der Waals surface area contributed by atoms with Crippen LogP contribution in [0.5, 0.6) is 0 Å². The van der Waals surface area contributed by atoms with Crippen molar-refractivity contribution in [3.8, 4) is 0 Å². The van der Waals surface area contributed by atoms with Gasteiger partial charge in [0.05, 0.1) is 12.2 Å². The minimum Gasteiger partial charge on any atom is -0.359 e. The van der Waals surface area contributed by atoms with Crippen molar-refractivity contribution >= 4 is 21.9 Å². The fraction of sp³-hybridized carbons (Fsp3) is 0.583. The van der Waals surface area contributed by atoms with E-state index in [0.717, 1.165) is 6.26 Å². The summed E-state index contributed by atoms with van der Waals surface area (Å²) in [5, 5.41) is 2.58. The number of nitrogens with zero attached hydrogens (tertiary/aromatic N) is 4. The SMILES string of the molecule is CNC(=O)[C@H]1CN(c2ncccn2)CCN(S(C)(=O)=O)C1. The van der Waals surface area contributed by atoms with Gasteiger partial charge < -0.3 is 10.2 Å². The quantitative estimate of drug-likeness (QED) is 0.763. The van der Waals surface area contributed by atoms with Gasteiger partial charge in [-0.1, -0.05) is 0 Å². The third kappa shape index (κ3) is 3.88. The summed E-state index contributed by atoms with van der Waals surface area (Å²) in [7, 11) is -1.80. The van der Waals surface area contributed by atoms with Crippen LogP contribution >= 0.6 is 0 Å². The summed E-state index contributed by atoms with van der Waals surface area (Å²) in [6.45, 7) is 1.31. The molecule has 0 saturated carbocycles. The first kappa shape index (κ1) is 15.6. The van der Waals surface area contributed by atoms with Gasteiger partial charge in [-0.3, -0.25) is 4.79 Å². The van der Waals surface area contributed by atoms with E-state index in [1.165, 1.54) is 4.31 Å². The summed E-state index contributed by atoms with van der Waals surface area (Å²) in [5.74, 6) is -0.149. The fourth-order valence-electron chi connectivity index (χ4n) is 2.29. The number of carbonyl (C=O) groups excluding carboxylic acids is 1. The molecule has 2 rings (SSSR count). The summed E-state index contributed by atoms with van der Waals surface area (Å²) < 4.78 is 24.9. The zero-order valence-electron chi connectivity index (χ0n) is 12.1. The number of sulfonamides is 1. The predicted molar refractivity (Wildman–Crippen MR) is 78.2 cm³/mol. The molecule has 116 valence electrons. The standard InChI is InChI=1S/C12H19N5O3S/c1-13-11(18)10-8-16(12-14-4-3-5-15-12)6-7-17(9-10)21(2,19)20/h3-5,10H,6-9H2,1-2H3,(H,13,18)/t10-/m0/s1. The minimum atomic E-state index is -3.34. The number of aromatic nitrogens is 2. The third-order valence-electron chi connectivity index (χ3n) is 3.41. The first-order valence-corrected chi connectivity index (χ1v) is 8.45. The Morgan fingerprint density at radius 3 is 2.52 bits per heavy atom. The first-order valence-electron chi connectivity index (χ1n) is 6.60. The van der Waals surface area contributed by atoms with Crippen LogP contribution in [0.4, 0.5) is 5.95 Å². The van der Waals surface area contributed by atoms with Gasteiger partial charge in [-0.2, -0.15) is 4.31 Å². The summed E-state index contributed by atoms with van der Waals surface area (Å²) in [6.07, 6.45) is 4.40. The van der Waals surface area contributed by atoms with Crippen LogP contribution in [0, 0.1) is 5.92 Å². The molecule has 0 radical (unpaired) electrons. The van der Waals surface area contributed by atoms with Gasteiger partial charge in [-0.05, 0) is 6.07 Å². The topological polar surface area (TPSA) is 95.5 Å². The molecule has 1 aliphatic rings. The van der Waals surface area contributed by atoms with E-state index in [1.807, 2.05) is 4.90 Å². The van der Waals surface area contributed by atoms with Gasteiger partial charge in [-0.25, -0.2) is 18.4 Å². The second kappa shape index (κ2) is 6.35. The number of carbonyl (C=O) groups is 1. The van der Waals surface area contributed by atoms with E-state index in [4.69, 9.17) is 0 Å². The number of hydrogen-bond donors (Lipinski definition) is 1. The van der Waals surface area contributed by atoms with Crippen LogP contribution in [-0.2, 0) is 14.8 Å². The van der Waals surface area contributed by atoms with E-state index in [0.29, 0.717) is 25.6 Å². The molecular formula is C12H19N5O3S. The molecule has 1 fully saturated rings. The van der Waals surface area contributed by atoms with Crippen LogP contribution in [0.15, 0.2) is 18.5 Å². The highest BCUT2D eigenvalue weighted by molar-refractivity contribution is 7.88. The molecule has 8 nitrogen and oxygen atoms in total. The van der Waals surface area contributed by atoms with Crippen LogP contribution < -0.4 is 10.2 Å². The van der Waals surface area contributed by atoms with Gasteiger partial charge in [-0.15, -0.1) is 0 Å². The van der Waals surface area contributed by atoms with Crippen molar-refractivity contribution < 1.29 is 13.2 Å². The molecule has 21 heavy (non-hydrogen) atoms. The largest absolute Gasteiger partial charge is 0.359 e. The van der Waals surface area contributed by atoms with Crippen LogP contribution in [0.3, 0.4) is 0 Å². The smallest absolute Gasteiger partial charge is 0.225 e. The molecule has 0 unspecified atom stereocenters. The van der Waals surface area contributed by atoms with Gasteiger partial charge in [0.15, 0.2) is 0 Å². The molecular weight excluding hydrogens is 294 g/mol. The monoisotopic (exact) mass is 313 g/mol. The van der Waals surface area contributed by atoms with Crippen LogP contribution in [0.2, 0.25) is 0 Å². The van der Waals surface area contributed by atoms with E-state index in [-0.39, 0.29) is 12.5 Å². The van der Waals surface area contributed by atoms with Crippen LogP contribution in [0.1, 0.15) is 0 Å². The number of anilines is 1. The lowest BCUT2D eigenvalue weighted by Crippen LogP contribution is -2.41. The molecule has 1 saturated heterocycles. The van der Waals surface area contributed by atoms with E-state index in [9.17, 15) is 13.2 Å². The van der Waals surface area contributed by atoms with Gasteiger partial charge in [0, 0.05) is 45.6 Å². The molecule has 1 amide bonds. The lowest BCUT2D eigenvalue weighted by molar-refractivity contribution is -0.124. The molecule has 0 aliphatic carbocycles. The molecule has 9 heteroatoms. The first-order chi connectivity index (χ1) is 9.91. The third-order valence-corrected chi connectivity index (χ3v) is 4.67. The molecule has 0 spiro atoms. The predicted octanol–water partition coefficient (Wildman–Crippen LogP) is -1.08. The Kier molecular flexibility index (Phi) is 4.73. The van der Waals surface area contributed by atoms with E-state index >= 15 is 0 Å². The molecule has 0 aromatic carbocycles. The molecule has 1 atom stereocenters. The second-order valence-electron chi connectivity index (χ2n) is 4.93. The Morgan fingerprint density at radius 2 is 1.95 bits per heavy atom. The average molecular weight is 313 g/mol. The lowest BCUT2D eigenvalue weighted by Gasteiger charge is -2.22. The minimum absolute atomic E-state index is 0.168. The van der Waals surface area contributed by atoms with Crippen molar-refractivity contribution in [3.05, 3.63) is 18.5 Å². The Morgan fingerprint density at radius 1 is 1.29 bits per heavy atom. The van der Waals surface area contributed by atoms with Gasteiger partial charge >= 0.3 is 0 Å².